The lowest BCUT2D eigenvalue weighted by Gasteiger charge is -2.00. The molecule has 0 saturated heterocycles. The van der Waals surface area contributed by atoms with Gasteiger partial charge in [0.25, 0.3) is 10.0 Å². The fraction of sp³-hybridized carbons (Fsp3) is 0.444. The number of sulfonamides is 1. The number of methoxy groups -OCH3 is 1. The Kier molecular flexibility index (Phi) is 4.27. The molecule has 0 aliphatic carbocycles. The van der Waals surface area contributed by atoms with Crippen molar-refractivity contribution in [2.45, 2.75) is 12.0 Å². The van der Waals surface area contributed by atoms with Crippen molar-refractivity contribution in [2.75, 3.05) is 20.2 Å². The Morgan fingerprint density at radius 2 is 2.24 bits per heavy atom. The number of nitrogens with two attached hydrogens (primary N) is 1. The van der Waals surface area contributed by atoms with Gasteiger partial charge in [-0.3, -0.25) is 0 Å². The number of carbonyl (C=O) groups excluding carboxylic acids is 1. The van der Waals surface area contributed by atoms with E-state index in [0.717, 1.165) is 6.07 Å². The van der Waals surface area contributed by atoms with Gasteiger partial charge in [-0.25, -0.2) is 17.9 Å². The molecular formula is C9H14N2O5S. The Bertz CT molecular complexity index is 505. The third-order valence-corrected chi connectivity index (χ3v) is 3.32. The van der Waals surface area contributed by atoms with Crippen molar-refractivity contribution in [1.82, 2.24) is 4.72 Å². The van der Waals surface area contributed by atoms with Crippen LogP contribution in [0.25, 0.3) is 0 Å². The summed E-state index contributed by atoms with van der Waals surface area (Å²) in [6.07, 6.45) is 0. The van der Waals surface area contributed by atoms with E-state index < -0.39 is 16.0 Å². The first-order valence-corrected chi connectivity index (χ1v) is 6.29. The summed E-state index contributed by atoms with van der Waals surface area (Å²) in [7, 11) is -2.57. The van der Waals surface area contributed by atoms with Gasteiger partial charge in [0.15, 0.2) is 0 Å². The van der Waals surface area contributed by atoms with Crippen molar-refractivity contribution in [1.29, 1.82) is 0 Å². The molecule has 0 saturated carbocycles. The second-order valence-electron chi connectivity index (χ2n) is 3.21. The number of hydrogen-bond donors (Lipinski definition) is 2. The molecule has 0 bridgehead atoms. The molecule has 0 aromatic carbocycles. The van der Waals surface area contributed by atoms with Gasteiger partial charge in [0, 0.05) is 19.2 Å². The Labute approximate surface area is 99.0 Å². The normalized spacial score (nSPS) is 11.5. The average Bonchev–Trinajstić information content (AvgIpc) is 2.68. The minimum absolute atomic E-state index is 0.0839. The molecule has 7 nitrogen and oxygen atoms in total. The van der Waals surface area contributed by atoms with Gasteiger partial charge < -0.3 is 14.9 Å². The minimum Gasteiger partial charge on any atom is -0.465 e. The zero-order valence-electron chi connectivity index (χ0n) is 9.52. The summed E-state index contributed by atoms with van der Waals surface area (Å²) in [5.74, 6) is -0.462. The molecule has 0 radical (unpaired) electrons. The van der Waals surface area contributed by atoms with E-state index in [9.17, 15) is 13.2 Å². The van der Waals surface area contributed by atoms with E-state index in [1.807, 2.05) is 0 Å². The van der Waals surface area contributed by atoms with Gasteiger partial charge in [0.05, 0.1) is 7.11 Å². The van der Waals surface area contributed by atoms with Crippen LogP contribution in [-0.4, -0.2) is 34.6 Å². The van der Waals surface area contributed by atoms with E-state index in [-0.39, 0.29) is 29.5 Å². The summed E-state index contributed by atoms with van der Waals surface area (Å²) >= 11 is 0. The second kappa shape index (κ2) is 5.30. The van der Waals surface area contributed by atoms with Gasteiger partial charge in [-0.1, -0.05) is 0 Å². The zero-order valence-corrected chi connectivity index (χ0v) is 10.3. The van der Waals surface area contributed by atoms with E-state index in [0.29, 0.717) is 0 Å². The highest BCUT2D eigenvalue weighted by atomic mass is 32.2. The Morgan fingerprint density at radius 3 is 2.76 bits per heavy atom. The highest BCUT2D eigenvalue weighted by Crippen LogP contribution is 2.19. The van der Waals surface area contributed by atoms with Crippen LogP contribution in [-0.2, 0) is 14.8 Å². The van der Waals surface area contributed by atoms with Crippen LogP contribution in [0.15, 0.2) is 15.6 Å². The molecule has 0 fully saturated rings. The van der Waals surface area contributed by atoms with Crippen molar-refractivity contribution >= 4 is 16.0 Å². The van der Waals surface area contributed by atoms with Crippen LogP contribution < -0.4 is 10.5 Å². The maximum Gasteiger partial charge on any atom is 0.341 e. The highest BCUT2D eigenvalue weighted by molar-refractivity contribution is 7.89. The summed E-state index contributed by atoms with van der Waals surface area (Å²) in [6.45, 7) is 1.74. The number of hydrogen-bond acceptors (Lipinski definition) is 6. The molecule has 8 heteroatoms. The van der Waals surface area contributed by atoms with Crippen molar-refractivity contribution in [3.63, 3.8) is 0 Å². The second-order valence-corrected chi connectivity index (χ2v) is 4.91. The third kappa shape index (κ3) is 3.05. The van der Waals surface area contributed by atoms with Crippen LogP contribution in [0, 0.1) is 6.92 Å². The van der Waals surface area contributed by atoms with Crippen LogP contribution >= 0.6 is 0 Å². The lowest BCUT2D eigenvalue weighted by atomic mass is 10.3. The fourth-order valence-corrected chi connectivity index (χ4v) is 2.20. The summed E-state index contributed by atoms with van der Waals surface area (Å²) < 4.78 is 35.0. The van der Waals surface area contributed by atoms with Gasteiger partial charge >= 0.3 is 5.97 Å². The fourth-order valence-electron chi connectivity index (χ4n) is 1.16. The van der Waals surface area contributed by atoms with Gasteiger partial charge in [-0.15, -0.1) is 0 Å². The molecule has 1 aromatic heterocycles. The SMILES string of the molecule is COC(=O)c1cc(S(=O)(=O)NCCN)oc1C. The van der Waals surface area contributed by atoms with Crippen LogP contribution in [0.4, 0.5) is 0 Å². The Balaban J connectivity index is 3.05. The van der Waals surface area contributed by atoms with Gasteiger partial charge in [-0.2, -0.15) is 0 Å². The van der Waals surface area contributed by atoms with E-state index in [1.54, 1.807) is 0 Å². The highest BCUT2D eigenvalue weighted by Gasteiger charge is 2.23. The molecule has 1 heterocycles. The standard InChI is InChI=1S/C9H14N2O5S/c1-6-7(9(12)15-2)5-8(16-6)17(13,14)11-4-3-10/h5,11H,3-4,10H2,1-2H3. The maximum atomic E-state index is 11.7. The molecule has 0 atom stereocenters. The van der Waals surface area contributed by atoms with E-state index in [1.165, 1.54) is 14.0 Å². The molecule has 0 unspecified atom stereocenters. The van der Waals surface area contributed by atoms with Crippen molar-refractivity contribution in [3.8, 4) is 0 Å². The van der Waals surface area contributed by atoms with Crippen LogP contribution in [0.2, 0.25) is 0 Å². The van der Waals surface area contributed by atoms with Crippen molar-refractivity contribution < 1.29 is 22.4 Å². The Morgan fingerprint density at radius 1 is 1.59 bits per heavy atom. The van der Waals surface area contributed by atoms with Crippen LogP contribution in [0.1, 0.15) is 16.1 Å². The lowest BCUT2D eigenvalue weighted by molar-refractivity contribution is 0.0599. The number of rotatable bonds is 5. The van der Waals surface area contributed by atoms with Gasteiger partial charge in [0.1, 0.15) is 11.3 Å². The smallest absolute Gasteiger partial charge is 0.341 e. The summed E-state index contributed by atoms with van der Waals surface area (Å²) in [4.78, 5) is 11.3. The number of esters is 1. The molecule has 96 valence electrons. The summed E-state index contributed by atoms with van der Waals surface area (Å²) in [5, 5.41) is -0.330. The minimum atomic E-state index is -3.77. The van der Waals surface area contributed by atoms with E-state index in [4.69, 9.17) is 10.2 Å². The lowest BCUT2D eigenvalue weighted by Crippen LogP contribution is -2.28. The maximum absolute atomic E-state index is 11.7. The molecule has 1 aromatic rings. The van der Waals surface area contributed by atoms with E-state index in [2.05, 4.69) is 9.46 Å². The predicted octanol–water partition coefficient (Wildman–Crippen LogP) is -0.388. The van der Waals surface area contributed by atoms with Crippen LogP contribution in [0.3, 0.4) is 0 Å². The van der Waals surface area contributed by atoms with E-state index >= 15 is 0 Å². The first kappa shape index (κ1) is 13.7. The number of furan rings is 1. The number of carbonyl (C=O) groups is 1. The molecular weight excluding hydrogens is 248 g/mol. The first-order valence-electron chi connectivity index (χ1n) is 4.81. The third-order valence-electron chi connectivity index (χ3n) is 2.00. The predicted molar refractivity (Wildman–Crippen MR) is 59.0 cm³/mol. The molecule has 3 N–H and O–H groups in total. The largest absolute Gasteiger partial charge is 0.465 e. The summed E-state index contributed by atoms with van der Waals surface area (Å²) in [6, 6.07) is 1.13. The Hall–Kier alpha value is -1.38. The summed E-state index contributed by atoms with van der Waals surface area (Å²) in [5.41, 5.74) is 5.27. The molecule has 0 aliphatic heterocycles. The number of aryl methyl sites for hydroxylation is 1. The molecule has 0 amide bonds. The van der Waals surface area contributed by atoms with Gasteiger partial charge in [-0.05, 0) is 6.92 Å². The topological polar surface area (TPSA) is 112 Å². The molecule has 1 rings (SSSR count). The zero-order chi connectivity index (χ0) is 13.1. The van der Waals surface area contributed by atoms with Crippen molar-refractivity contribution in [2.24, 2.45) is 5.73 Å². The molecule has 17 heavy (non-hydrogen) atoms. The molecule has 0 aliphatic rings. The number of ether oxygens (including phenoxy) is 1. The monoisotopic (exact) mass is 262 g/mol. The quantitative estimate of drug-likeness (QED) is 0.699. The number of nitrogens with one attached hydrogen (secondary N) is 1. The average molecular weight is 262 g/mol. The first-order chi connectivity index (χ1) is 7.92. The van der Waals surface area contributed by atoms with Gasteiger partial charge in [0.2, 0.25) is 5.09 Å². The van der Waals surface area contributed by atoms with Crippen molar-refractivity contribution in [3.05, 3.63) is 17.4 Å². The molecule has 0 spiro atoms. The van der Waals surface area contributed by atoms with Crippen LogP contribution in [0.5, 0.6) is 0 Å².